The quantitative estimate of drug-likeness (QED) is 0.585. The van der Waals surface area contributed by atoms with E-state index < -0.39 is 11.8 Å². The molecule has 2 aromatic carbocycles. The molecule has 3 aromatic rings. The van der Waals surface area contributed by atoms with E-state index in [1.165, 1.54) is 29.8 Å². The number of amides is 1. The Labute approximate surface area is 142 Å². The van der Waals surface area contributed by atoms with Crippen molar-refractivity contribution in [2.75, 3.05) is 5.32 Å². The first-order valence-electron chi connectivity index (χ1n) is 7.43. The summed E-state index contributed by atoms with van der Waals surface area (Å²) in [6.45, 7) is 1.41. The summed E-state index contributed by atoms with van der Waals surface area (Å²) in [5.74, 6) is -0.897. The van der Waals surface area contributed by atoms with Gasteiger partial charge in [-0.25, -0.2) is 13.9 Å². The van der Waals surface area contributed by atoms with Crippen molar-refractivity contribution >= 4 is 17.6 Å². The molecule has 0 aliphatic rings. The fraction of sp³-hybridized carbons (Fsp3) is 0.0556. The SMILES string of the molecule is CC(=O)Nc1ccc(OC(=O)c2ccn(-c3cccc(F)c3)n2)cc1. The second-order valence-electron chi connectivity index (χ2n) is 5.22. The van der Waals surface area contributed by atoms with Crippen molar-refractivity contribution in [3.8, 4) is 11.4 Å². The Morgan fingerprint density at radius 2 is 1.88 bits per heavy atom. The van der Waals surface area contributed by atoms with E-state index in [9.17, 15) is 14.0 Å². The monoisotopic (exact) mass is 339 g/mol. The number of hydrogen-bond acceptors (Lipinski definition) is 4. The Hall–Kier alpha value is -3.48. The van der Waals surface area contributed by atoms with Crippen LogP contribution in [0.2, 0.25) is 0 Å². The number of ether oxygens (including phenoxy) is 1. The first-order valence-corrected chi connectivity index (χ1v) is 7.43. The number of benzene rings is 2. The van der Waals surface area contributed by atoms with Gasteiger partial charge in [0.1, 0.15) is 11.6 Å². The zero-order chi connectivity index (χ0) is 17.8. The molecule has 25 heavy (non-hydrogen) atoms. The van der Waals surface area contributed by atoms with Gasteiger partial charge >= 0.3 is 5.97 Å². The van der Waals surface area contributed by atoms with E-state index in [1.807, 2.05) is 0 Å². The highest BCUT2D eigenvalue weighted by atomic mass is 19.1. The minimum atomic E-state index is -0.637. The highest BCUT2D eigenvalue weighted by Crippen LogP contribution is 2.17. The molecule has 0 saturated heterocycles. The van der Waals surface area contributed by atoms with Gasteiger partial charge < -0.3 is 10.1 Å². The lowest BCUT2D eigenvalue weighted by atomic mass is 10.3. The third kappa shape index (κ3) is 4.08. The van der Waals surface area contributed by atoms with Crippen molar-refractivity contribution in [2.45, 2.75) is 6.92 Å². The number of carbonyl (C=O) groups excluding carboxylic acids is 2. The van der Waals surface area contributed by atoms with Crippen LogP contribution in [-0.4, -0.2) is 21.7 Å². The van der Waals surface area contributed by atoms with E-state index in [2.05, 4.69) is 10.4 Å². The van der Waals surface area contributed by atoms with Crippen LogP contribution in [-0.2, 0) is 4.79 Å². The summed E-state index contributed by atoms with van der Waals surface area (Å²) in [5.41, 5.74) is 1.19. The van der Waals surface area contributed by atoms with E-state index in [1.54, 1.807) is 42.6 Å². The van der Waals surface area contributed by atoms with E-state index >= 15 is 0 Å². The summed E-state index contributed by atoms with van der Waals surface area (Å²) in [6, 6.07) is 13.7. The number of halogens is 1. The molecule has 6 nitrogen and oxygen atoms in total. The van der Waals surface area contributed by atoms with Crippen molar-refractivity contribution in [2.24, 2.45) is 0 Å². The highest BCUT2D eigenvalue weighted by molar-refractivity contribution is 5.90. The molecule has 0 aliphatic heterocycles. The van der Waals surface area contributed by atoms with Gasteiger partial charge in [0.2, 0.25) is 5.91 Å². The van der Waals surface area contributed by atoms with Crippen molar-refractivity contribution in [3.63, 3.8) is 0 Å². The molecule has 1 N–H and O–H groups in total. The minimum absolute atomic E-state index is 0.0928. The summed E-state index contributed by atoms with van der Waals surface area (Å²) in [7, 11) is 0. The van der Waals surface area contributed by atoms with Crippen LogP contribution in [0.15, 0.2) is 60.8 Å². The van der Waals surface area contributed by atoms with Crippen LogP contribution in [0.1, 0.15) is 17.4 Å². The smallest absolute Gasteiger partial charge is 0.364 e. The fourth-order valence-corrected chi connectivity index (χ4v) is 2.16. The van der Waals surface area contributed by atoms with Crippen molar-refractivity contribution in [3.05, 3.63) is 72.3 Å². The van der Waals surface area contributed by atoms with Gasteiger partial charge in [-0.1, -0.05) is 6.07 Å². The summed E-state index contributed by atoms with van der Waals surface area (Å²) in [5, 5.41) is 6.71. The topological polar surface area (TPSA) is 73.2 Å². The van der Waals surface area contributed by atoms with Crippen LogP contribution in [0, 0.1) is 5.82 Å². The van der Waals surface area contributed by atoms with Gasteiger partial charge in [-0.2, -0.15) is 5.10 Å². The molecule has 126 valence electrons. The molecule has 0 atom stereocenters. The predicted molar refractivity (Wildman–Crippen MR) is 89.2 cm³/mol. The average Bonchev–Trinajstić information content (AvgIpc) is 3.06. The van der Waals surface area contributed by atoms with Crippen LogP contribution < -0.4 is 10.1 Å². The second kappa shape index (κ2) is 6.96. The molecular weight excluding hydrogens is 325 g/mol. The van der Waals surface area contributed by atoms with Crippen molar-refractivity contribution in [1.82, 2.24) is 9.78 Å². The molecule has 0 radical (unpaired) electrons. The number of esters is 1. The predicted octanol–water partition coefficient (Wildman–Crippen LogP) is 3.19. The van der Waals surface area contributed by atoms with E-state index in [0.717, 1.165) is 0 Å². The third-order valence-corrected chi connectivity index (χ3v) is 3.26. The lowest BCUT2D eigenvalue weighted by molar-refractivity contribution is -0.114. The normalized spacial score (nSPS) is 10.3. The van der Waals surface area contributed by atoms with Gasteiger partial charge in [0.25, 0.3) is 0 Å². The largest absolute Gasteiger partial charge is 0.422 e. The van der Waals surface area contributed by atoms with Gasteiger partial charge in [0.05, 0.1) is 5.69 Å². The fourth-order valence-electron chi connectivity index (χ4n) is 2.16. The Morgan fingerprint density at radius 3 is 2.56 bits per heavy atom. The zero-order valence-electron chi connectivity index (χ0n) is 13.3. The Kier molecular flexibility index (Phi) is 4.56. The van der Waals surface area contributed by atoms with E-state index in [0.29, 0.717) is 17.1 Å². The molecule has 1 aromatic heterocycles. The van der Waals surface area contributed by atoms with Crippen LogP contribution in [0.4, 0.5) is 10.1 Å². The molecule has 0 spiro atoms. The first kappa shape index (κ1) is 16.4. The second-order valence-corrected chi connectivity index (χ2v) is 5.22. The van der Waals surface area contributed by atoms with Crippen LogP contribution in [0.3, 0.4) is 0 Å². The number of hydrogen-bond donors (Lipinski definition) is 1. The number of nitrogens with one attached hydrogen (secondary N) is 1. The summed E-state index contributed by atoms with van der Waals surface area (Å²) < 4.78 is 19.9. The number of rotatable bonds is 4. The Bertz CT molecular complexity index is 919. The molecule has 0 bridgehead atoms. The summed E-state index contributed by atoms with van der Waals surface area (Å²) in [4.78, 5) is 23.1. The lowest BCUT2D eigenvalue weighted by Gasteiger charge is -2.05. The Morgan fingerprint density at radius 1 is 1.12 bits per heavy atom. The van der Waals surface area contributed by atoms with Gasteiger partial charge in [-0.15, -0.1) is 0 Å². The van der Waals surface area contributed by atoms with Crippen LogP contribution in [0.5, 0.6) is 5.75 Å². The lowest BCUT2D eigenvalue weighted by Crippen LogP contribution is -2.10. The molecular formula is C18H14FN3O3. The number of nitrogens with zero attached hydrogens (tertiary/aromatic N) is 2. The zero-order valence-corrected chi connectivity index (χ0v) is 13.3. The maximum absolute atomic E-state index is 13.3. The molecule has 1 amide bonds. The molecule has 3 rings (SSSR count). The molecule has 0 fully saturated rings. The van der Waals surface area contributed by atoms with Crippen molar-refractivity contribution < 1.29 is 18.7 Å². The van der Waals surface area contributed by atoms with Gasteiger partial charge in [0.15, 0.2) is 5.69 Å². The number of carbonyl (C=O) groups is 2. The maximum Gasteiger partial charge on any atom is 0.364 e. The number of aromatic nitrogens is 2. The van der Waals surface area contributed by atoms with Crippen molar-refractivity contribution in [1.29, 1.82) is 0 Å². The van der Waals surface area contributed by atoms with Crippen LogP contribution >= 0.6 is 0 Å². The van der Waals surface area contributed by atoms with Gasteiger partial charge in [-0.3, -0.25) is 4.79 Å². The highest BCUT2D eigenvalue weighted by Gasteiger charge is 2.13. The van der Waals surface area contributed by atoms with Gasteiger partial charge in [0, 0.05) is 18.8 Å². The first-order chi connectivity index (χ1) is 12.0. The molecule has 0 saturated carbocycles. The van der Waals surface area contributed by atoms with E-state index in [4.69, 9.17) is 4.74 Å². The summed E-state index contributed by atoms with van der Waals surface area (Å²) >= 11 is 0. The molecule has 0 aliphatic carbocycles. The summed E-state index contributed by atoms with van der Waals surface area (Å²) in [6.07, 6.45) is 1.55. The maximum atomic E-state index is 13.3. The number of anilines is 1. The molecule has 0 unspecified atom stereocenters. The van der Waals surface area contributed by atoms with E-state index in [-0.39, 0.29) is 11.6 Å². The molecule has 1 heterocycles. The minimum Gasteiger partial charge on any atom is -0.422 e. The Balaban J connectivity index is 1.70. The standard InChI is InChI=1S/C18H14FN3O3/c1-12(23)20-14-5-7-16(8-6-14)25-18(24)17-9-10-22(21-17)15-4-2-3-13(19)11-15/h2-11H,1H3,(H,20,23). The third-order valence-electron chi connectivity index (χ3n) is 3.26. The van der Waals surface area contributed by atoms with Gasteiger partial charge in [-0.05, 0) is 48.5 Å². The van der Waals surface area contributed by atoms with Crippen LogP contribution in [0.25, 0.3) is 5.69 Å². The molecule has 7 heteroatoms. The average molecular weight is 339 g/mol.